The van der Waals surface area contributed by atoms with Gasteiger partial charge in [0.05, 0.1) is 23.6 Å². The third kappa shape index (κ3) is 2.46. The van der Waals surface area contributed by atoms with E-state index in [2.05, 4.69) is 15.9 Å². The average molecular weight is 346 g/mol. The van der Waals surface area contributed by atoms with E-state index < -0.39 is 10.0 Å². The Morgan fingerprint density at radius 3 is 2.68 bits per heavy atom. The van der Waals surface area contributed by atoms with Gasteiger partial charge in [0, 0.05) is 11.0 Å². The smallest absolute Gasteiger partial charge is 0.243 e. The first-order chi connectivity index (χ1) is 9.09. The van der Waals surface area contributed by atoms with Crippen LogP contribution in [0, 0.1) is 0 Å². The van der Waals surface area contributed by atoms with Gasteiger partial charge < -0.3 is 4.74 Å². The number of halogens is 1. The molecule has 0 N–H and O–H groups in total. The van der Waals surface area contributed by atoms with Crippen LogP contribution in [0.3, 0.4) is 0 Å². The van der Waals surface area contributed by atoms with Crippen molar-refractivity contribution in [2.45, 2.75) is 36.3 Å². The highest BCUT2D eigenvalue weighted by Gasteiger charge is 2.42. The van der Waals surface area contributed by atoms with Crippen LogP contribution in [0.15, 0.2) is 33.6 Å². The van der Waals surface area contributed by atoms with Crippen molar-refractivity contribution in [2.24, 2.45) is 0 Å². The molecule has 1 heterocycles. The van der Waals surface area contributed by atoms with Crippen LogP contribution in [-0.4, -0.2) is 38.0 Å². The maximum absolute atomic E-state index is 12.7. The standard InChI is InChI=1S/C13H16BrNO3S/c14-10-4-6-11(7-5-10)19(16,17)15-8-9-18-13-3-1-2-12(13)15/h4-7,12-13H,1-3,8-9H2. The highest BCUT2D eigenvalue weighted by atomic mass is 79.9. The van der Waals surface area contributed by atoms with Crippen molar-refractivity contribution >= 4 is 26.0 Å². The summed E-state index contributed by atoms with van der Waals surface area (Å²) in [6, 6.07) is 6.85. The van der Waals surface area contributed by atoms with E-state index in [1.54, 1.807) is 28.6 Å². The minimum absolute atomic E-state index is 0.0161. The monoisotopic (exact) mass is 345 g/mol. The summed E-state index contributed by atoms with van der Waals surface area (Å²) in [5.41, 5.74) is 0. The van der Waals surface area contributed by atoms with Gasteiger partial charge in [-0.1, -0.05) is 15.9 Å². The molecule has 1 aliphatic carbocycles. The Kier molecular flexibility index (Phi) is 3.68. The summed E-state index contributed by atoms with van der Waals surface area (Å²) in [4.78, 5) is 0.364. The van der Waals surface area contributed by atoms with E-state index in [4.69, 9.17) is 4.74 Å². The van der Waals surface area contributed by atoms with Crippen LogP contribution in [0.4, 0.5) is 0 Å². The number of sulfonamides is 1. The van der Waals surface area contributed by atoms with Gasteiger partial charge in [-0.25, -0.2) is 8.42 Å². The molecule has 2 atom stereocenters. The predicted molar refractivity (Wildman–Crippen MR) is 75.4 cm³/mol. The summed E-state index contributed by atoms with van der Waals surface area (Å²) in [5, 5.41) is 0. The fraction of sp³-hybridized carbons (Fsp3) is 0.538. The number of hydrogen-bond acceptors (Lipinski definition) is 3. The molecule has 2 fully saturated rings. The van der Waals surface area contributed by atoms with Crippen LogP contribution in [0.1, 0.15) is 19.3 Å². The Bertz CT molecular complexity index is 558. The minimum atomic E-state index is -3.40. The largest absolute Gasteiger partial charge is 0.375 e. The zero-order valence-corrected chi connectivity index (χ0v) is 12.9. The van der Waals surface area contributed by atoms with Crippen molar-refractivity contribution in [1.29, 1.82) is 0 Å². The van der Waals surface area contributed by atoms with E-state index in [0.29, 0.717) is 18.0 Å². The summed E-state index contributed by atoms with van der Waals surface area (Å²) >= 11 is 3.32. The Balaban J connectivity index is 1.93. The molecule has 1 aromatic rings. The van der Waals surface area contributed by atoms with Crippen molar-refractivity contribution < 1.29 is 13.2 Å². The average Bonchev–Trinajstić information content (AvgIpc) is 2.87. The minimum Gasteiger partial charge on any atom is -0.375 e. The molecule has 1 saturated heterocycles. The Labute approximate surface area is 121 Å². The first-order valence-corrected chi connectivity index (χ1v) is 8.71. The molecule has 0 bridgehead atoms. The van der Waals surface area contributed by atoms with E-state index in [1.165, 1.54) is 0 Å². The van der Waals surface area contributed by atoms with Gasteiger partial charge in [-0.05, 0) is 43.5 Å². The molecule has 2 unspecified atom stereocenters. The first-order valence-electron chi connectivity index (χ1n) is 6.48. The number of rotatable bonds is 2. The molecule has 6 heteroatoms. The zero-order chi connectivity index (χ0) is 13.5. The Morgan fingerprint density at radius 1 is 1.21 bits per heavy atom. The molecule has 104 valence electrons. The normalized spacial score (nSPS) is 28.3. The molecule has 0 aromatic heterocycles. The van der Waals surface area contributed by atoms with Crippen LogP contribution in [0.2, 0.25) is 0 Å². The lowest BCUT2D eigenvalue weighted by Crippen LogP contribution is -2.51. The quantitative estimate of drug-likeness (QED) is 0.826. The maximum atomic E-state index is 12.7. The van der Waals surface area contributed by atoms with Gasteiger partial charge in [0.25, 0.3) is 0 Å². The van der Waals surface area contributed by atoms with Crippen LogP contribution in [0.25, 0.3) is 0 Å². The van der Waals surface area contributed by atoms with Gasteiger partial charge in [-0.15, -0.1) is 0 Å². The molecule has 1 aliphatic heterocycles. The Hall–Kier alpha value is -0.430. The van der Waals surface area contributed by atoms with Crippen LogP contribution < -0.4 is 0 Å². The van der Waals surface area contributed by atoms with Crippen molar-refractivity contribution in [3.63, 3.8) is 0 Å². The maximum Gasteiger partial charge on any atom is 0.243 e. The molecular formula is C13H16BrNO3S. The van der Waals surface area contributed by atoms with Gasteiger partial charge in [-0.2, -0.15) is 4.31 Å². The lowest BCUT2D eigenvalue weighted by Gasteiger charge is -2.36. The van der Waals surface area contributed by atoms with E-state index >= 15 is 0 Å². The highest BCUT2D eigenvalue weighted by Crippen LogP contribution is 2.33. The van der Waals surface area contributed by atoms with E-state index in [1.807, 2.05) is 0 Å². The summed E-state index contributed by atoms with van der Waals surface area (Å²) < 4.78 is 33.6. The second-order valence-electron chi connectivity index (χ2n) is 4.98. The third-order valence-corrected chi connectivity index (χ3v) is 6.32. The van der Waals surface area contributed by atoms with E-state index in [-0.39, 0.29) is 12.1 Å². The van der Waals surface area contributed by atoms with Crippen LogP contribution in [0.5, 0.6) is 0 Å². The molecule has 1 saturated carbocycles. The number of ether oxygens (including phenoxy) is 1. The highest BCUT2D eigenvalue weighted by molar-refractivity contribution is 9.10. The zero-order valence-electron chi connectivity index (χ0n) is 10.5. The molecule has 2 aliphatic rings. The second kappa shape index (κ2) is 5.16. The molecular weight excluding hydrogens is 330 g/mol. The Morgan fingerprint density at radius 2 is 1.95 bits per heavy atom. The molecule has 0 radical (unpaired) electrons. The summed E-state index contributed by atoms with van der Waals surface area (Å²) in [7, 11) is -3.40. The van der Waals surface area contributed by atoms with Crippen molar-refractivity contribution in [1.82, 2.24) is 4.31 Å². The summed E-state index contributed by atoms with van der Waals surface area (Å²) in [6.07, 6.45) is 3.00. The lowest BCUT2D eigenvalue weighted by atomic mass is 10.2. The lowest BCUT2D eigenvalue weighted by molar-refractivity contribution is -0.0241. The number of benzene rings is 1. The fourth-order valence-corrected chi connectivity index (χ4v) is 4.86. The van der Waals surface area contributed by atoms with Gasteiger partial charge in [-0.3, -0.25) is 0 Å². The predicted octanol–water partition coefficient (Wildman–Crippen LogP) is 2.39. The molecule has 4 nitrogen and oxygen atoms in total. The molecule has 19 heavy (non-hydrogen) atoms. The topological polar surface area (TPSA) is 46.6 Å². The van der Waals surface area contributed by atoms with Crippen molar-refractivity contribution in [3.8, 4) is 0 Å². The molecule has 1 aromatic carbocycles. The van der Waals surface area contributed by atoms with Gasteiger partial charge in [0.15, 0.2) is 0 Å². The number of hydrogen-bond donors (Lipinski definition) is 0. The SMILES string of the molecule is O=S(=O)(c1ccc(Br)cc1)N1CCOC2CCCC21. The van der Waals surface area contributed by atoms with Crippen LogP contribution in [-0.2, 0) is 14.8 Å². The fourth-order valence-electron chi connectivity index (χ4n) is 2.93. The number of fused-ring (bicyclic) bond motifs is 1. The second-order valence-corrected chi connectivity index (χ2v) is 7.78. The summed E-state index contributed by atoms with van der Waals surface area (Å²) in [6.45, 7) is 0.955. The first kappa shape index (κ1) is 13.5. The van der Waals surface area contributed by atoms with E-state index in [0.717, 1.165) is 23.7 Å². The van der Waals surface area contributed by atoms with Gasteiger partial charge in [0.1, 0.15) is 0 Å². The van der Waals surface area contributed by atoms with Crippen molar-refractivity contribution in [2.75, 3.05) is 13.2 Å². The molecule has 0 spiro atoms. The van der Waals surface area contributed by atoms with Crippen LogP contribution >= 0.6 is 15.9 Å². The molecule has 3 rings (SSSR count). The van der Waals surface area contributed by atoms with Crippen molar-refractivity contribution in [3.05, 3.63) is 28.7 Å². The number of nitrogens with zero attached hydrogens (tertiary/aromatic N) is 1. The third-order valence-electron chi connectivity index (χ3n) is 3.85. The summed E-state index contributed by atoms with van der Waals surface area (Å²) in [5.74, 6) is 0. The van der Waals surface area contributed by atoms with E-state index in [9.17, 15) is 8.42 Å². The van der Waals surface area contributed by atoms with Gasteiger partial charge >= 0.3 is 0 Å². The number of morpholine rings is 1. The van der Waals surface area contributed by atoms with Gasteiger partial charge in [0.2, 0.25) is 10.0 Å². The molecule has 0 amide bonds.